The fraction of sp³-hybridized carbons (Fsp3) is 0.250. The monoisotopic (exact) mass is 371 g/mol. The third-order valence-corrected chi connectivity index (χ3v) is 3.88. The SMILES string of the molecule is CCOC(=O)c1cc(N2C=CC=CC(C(=O)OC)=C2C(=O)OC)ccc1C. The zero-order valence-electron chi connectivity index (χ0n) is 15.6. The number of anilines is 1. The van der Waals surface area contributed by atoms with Crippen molar-refractivity contribution < 1.29 is 28.6 Å². The summed E-state index contributed by atoms with van der Waals surface area (Å²) in [4.78, 5) is 38.3. The van der Waals surface area contributed by atoms with Gasteiger partial charge in [0.05, 0.1) is 32.0 Å². The van der Waals surface area contributed by atoms with E-state index >= 15 is 0 Å². The minimum absolute atomic E-state index is 0.0204. The second-order valence-corrected chi connectivity index (χ2v) is 5.54. The van der Waals surface area contributed by atoms with Crippen LogP contribution in [0.5, 0.6) is 0 Å². The Balaban J connectivity index is 2.64. The summed E-state index contributed by atoms with van der Waals surface area (Å²) in [5.41, 5.74) is 1.60. The average molecular weight is 371 g/mol. The van der Waals surface area contributed by atoms with Crippen molar-refractivity contribution >= 4 is 23.6 Å². The summed E-state index contributed by atoms with van der Waals surface area (Å²) in [6.07, 6.45) is 6.33. The van der Waals surface area contributed by atoms with Crippen LogP contribution >= 0.6 is 0 Å². The first kappa shape index (κ1) is 20.0. The lowest BCUT2D eigenvalue weighted by Crippen LogP contribution is -2.27. The fourth-order valence-corrected chi connectivity index (χ4v) is 2.55. The number of allylic oxidation sites excluding steroid dienone is 2. The smallest absolute Gasteiger partial charge is 0.355 e. The van der Waals surface area contributed by atoms with Crippen molar-refractivity contribution in [1.82, 2.24) is 0 Å². The molecule has 1 heterocycles. The Kier molecular flexibility index (Phi) is 6.54. The molecule has 1 aliphatic heterocycles. The van der Waals surface area contributed by atoms with E-state index in [2.05, 4.69) is 0 Å². The minimum atomic E-state index is -0.718. The highest BCUT2D eigenvalue weighted by atomic mass is 16.5. The largest absolute Gasteiger partial charge is 0.465 e. The van der Waals surface area contributed by atoms with E-state index in [1.165, 1.54) is 25.2 Å². The summed E-state index contributed by atoms with van der Waals surface area (Å²) in [6.45, 7) is 3.75. The molecular weight excluding hydrogens is 350 g/mol. The number of rotatable bonds is 5. The van der Waals surface area contributed by atoms with Crippen LogP contribution in [0.3, 0.4) is 0 Å². The third kappa shape index (κ3) is 4.25. The molecule has 2 rings (SSSR count). The molecule has 0 fully saturated rings. The van der Waals surface area contributed by atoms with E-state index in [1.807, 2.05) is 0 Å². The molecule has 1 aliphatic rings. The van der Waals surface area contributed by atoms with Crippen LogP contribution in [-0.4, -0.2) is 38.7 Å². The van der Waals surface area contributed by atoms with Gasteiger partial charge in [-0.15, -0.1) is 0 Å². The van der Waals surface area contributed by atoms with Crippen LogP contribution in [0.4, 0.5) is 5.69 Å². The number of carbonyl (C=O) groups is 3. The lowest BCUT2D eigenvalue weighted by Gasteiger charge is -2.23. The highest BCUT2D eigenvalue weighted by molar-refractivity contribution is 6.05. The maximum atomic E-state index is 12.4. The van der Waals surface area contributed by atoms with Crippen molar-refractivity contribution in [3.8, 4) is 0 Å². The van der Waals surface area contributed by atoms with Crippen molar-refractivity contribution in [2.24, 2.45) is 0 Å². The van der Waals surface area contributed by atoms with E-state index in [9.17, 15) is 14.4 Å². The fourth-order valence-electron chi connectivity index (χ4n) is 2.55. The Labute approximate surface area is 157 Å². The lowest BCUT2D eigenvalue weighted by molar-refractivity contribution is -0.139. The van der Waals surface area contributed by atoms with Gasteiger partial charge in [-0.05, 0) is 43.7 Å². The Bertz CT molecular complexity index is 850. The van der Waals surface area contributed by atoms with Crippen LogP contribution in [0.2, 0.25) is 0 Å². The minimum Gasteiger partial charge on any atom is -0.465 e. The van der Waals surface area contributed by atoms with Crippen LogP contribution in [0, 0.1) is 6.92 Å². The maximum Gasteiger partial charge on any atom is 0.355 e. The third-order valence-electron chi connectivity index (χ3n) is 3.88. The molecule has 27 heavy (non-hydrogen) atoms. The Morgan fingerprint density at radius 2 is 1.70 bits per heavy atom. The molecule has 0 bridgehead atoms. The van der Waals surface area contributed by atoms with Gasteiger partial charge in [-0.1, -0.05) is 12.1 Å². The van der Waals surface area contributed by atoms with Gasteiger partial charge in [0.2, 0.25) is 0 Å². The molecular formula is C20H21NO6. The van der Waals surface area contributed by atoms with E-state index in [1.54, 1.807) is 50.4 Å². The quantitative estimate of drug-likeness (QED) is 0.581. The first-order chi connectivity index (χ1) is 12.9. The van der Waals surface area contributed by atoms with Gasteiger partial charge in [0, 0.05) is 11.9 Å². The molecule has 7 heteroatoms. The van der Waals surface area contributed by atoms with Gasteiger partial charge in [0.1, 0.15) is 5.70 Å². The molecule has 0 saturated heterocycles. The predicted octanol–water partition coefficient (Wildman–Crippen LogP) is 2.66. The molecule has 0 saturated carbocycles. The highest BCUT2D eigenvalue weighted by Crippen LogP contribution is 2.28. The molecule has 0 atom stereocenters. The van der Waals surface area contributed by atoms with Crippen molar-refractivity contribution in [3.05, 3.63) is 65.0 Å². The zero-order valence-corrected chi connectivity index (χ0v) is 15.6. The van der Waals surface area contributed by atoms with Crippen LogP contribution in [0.1, 0.15) is 22.8 Å². The van der Waals surface area contributed by atoms with Gasteiger partial charge in [-0.2, -0.15) is 0 Å². The van der Waals surface area contributed by atoms with Gasteiger partial charge in [-0.3, -0.25) is 0 Å². The molecule has 142 valence electrons. The first-order valence-corrected chi connectivity index (χ1v) is 8.27. The molecule has 0 spiro atoms. The van der Waals surface area contributed by atoms with Crippen LogP contribution < -0.4 is 4.90 Å². The van der Waals surface area contributed by atoms with Crippen LogP contribution in [0.15, 0.2) is 53.9 Å². The Morgan fingerprint density at radius 3 is 2.33 bits per heavy atom. The summed E-state index contributed by atoms with van der Waals surface area (Å²) in [6, 6.07) is 5.06. The van der Waals surface area contributed by atoms with Gasteiger partial charge in [-0.25, -0.2) is 14.4 Å². The maximum absolute atomic E-state index is 12.4. The zero-order chi connectivity index (χ0) is 20.0. The van der Waals surface area contributed by atoms with Gasteiger partial charge < -0.3 is 19.1 Å². The highest BCUT2D eigenvalue weighted by Gasteiger charge is 2.28. The van der Waals surface area contributed by atoms with Crippen molar-refractivity contribution in [1.29, 1.82) is 0 Å². The van der Waals surface area contributed by atoms with Crippen molar-refractivity contribution in [2.75, 3.05) is 25.7 Å². The molecule has 0 N–H and O–H groups in total. The molecule has 0 aliphatic carbocycles. The molecule has 0 unspecified atom stereocenters. The normalized spacial score (nSPS) is 13.3. The van der Waals surface area contributed by atoms with Crippen LogP contribution in [0.25, 0.3) is 0 Å². The Morgan fingerprint density at radius 1 is 1.00 bits per heavy atom. The topological polar surface area (TPSA) is 82.1 Å². The number of hydrogen-bond acceptors (Lipinski definition) is 7. The number of hydrogen-bond donors (Lipinski definition) is 0. The average Bonchev–Trinajstić information content (AvgIpc) is 2.90. The molecule has 1 aromatic rings. The van der Waals surface area contributed by atoms with Crippen molar-refractivity contribution in [2.45, 2.75) is 13.8 Å². The number of methoxy groups -OCH3 is 2. The lowest BCUT2D eigenvalue weighted by atomic mass is 10.1. The second kappa shape index (κ2) is 8.84. The summed E-state index contributed by atoms with van der Waals surface area (Å²) >= 11 is 0. The van der Waals surface area contributed by atoms with E-state index < -0.39 is 17.9 Å². The first-order valence-electron chi connectivity index (χ1n) is 8.27. The van der Waals surface area contributed by atoms with Gasteiger partial charge >= 0.3 is 17.9 Å². The number of esters is 3. The number of aryl methyl sites for hydroxylation is 1. The standard InChI is InChI=1S/C20H21NO6/c1-5-27-19(23)16-12-14(10-9-13(16)2)21-11-7-6-8-15(18(22)25-3)17(21)20(24)26-4/h6-12H,5H2,1-4H3. The van der Waals surface area contributed by atoms with E-state index in [0.717, 1.165) is 5.56 Å². The number of carbonyl (C=O) groups excluding carboxylic acids is 3. The van der Waals surface area contributed by atoms with Crippen LogP contribution in [-0.2, 0) is 23.8 Å². The summed E-state index contributed by atoms with van der Waals surface area (Å²) < 4.78 is 14.7. The summed E-state index contributed by atoms with van der Waals surface area (Å²) in [7, 11) is 2.45. The molecule has 0 aromatic heterocycles. The Hall–Kier alpha value is -3.35. The van der Waals surface area contributed by atoms with E-state index in [4.69, 9.17) is 14.2 Å². The van der Waals surface area contributed by atoms with Crippen molar-refractivity contribution in [3.63, 3.8) is 0 Å². The summed E-state index contributed by atoms with van der Waals surface area (Å²) in [5, 5.41) is 0. The molecule has 0 radical (unpaired) electrons. The molecule has 1 aromatic carbocycles. The van der Waals surface area contributed by atoms with E-state index in [-0.39, 0.29) is 17.9 Å². The number of ether oxygens (including phenoxy) is 3. The number of benzene rings is 1. The van der Waals surface area contributed by atoms with Gasteiger partial charge in [0.15, 0.2) is 0 Å². The second-order valence-electron chi connectivity index (χ2n) is 5.54. The van der Waals surface area contributed by atoms with Gasteiger partial charge in [0.25, 0.3) is 0 Å². The van der Waals surface area contributed by atoms with E-state index in [0.29, 0.717) is 11.3 Å². The molecule has 0 amide bonds. The molecule has 7 nitrogen and oxygen atoms in total. The number of nitrogens with zero attached hydrogens (tertiary/aromatic N) is 1. The summed E-state index contributed by atoms with van der Waals surface area (Å²) in [5.74, 6) is -1.87. The predicted molar refractivity (Wildman–Crippen MR) is 99.0 cm³/mol.